The molecule has 22 heavy (non-hydrogen) atoms. The van der Waals surface area contributed by atoms with Gasteiger partial charge in [-0.1, -0.05) is 49.1 Å². The molecule has 1 unspecified atom stereocenters. The van der Waals surface area contributed by atoms with E-state index in [0.29, 0.717) is 0 Å². The Morgan fingerprint density at radius 2 is 1.77 bits per heavy atom. The van der Waals surface area contributed by atoms with Crippen molar-refractivity contribution in [1.82, 2.24) is 4.90 Å². The summed E-state index contributed by atoms with van der Waals surface area (Å²) in [5, 5.41) is 20.2. The van der Waals surface area contributed by atoms with Crippen LogP contribution in [0, 0.1) is 6.92 Å². The summed E-state index contributed by atoms with van der Waals surface area (Å²) in [7, 11) is 0. The van der Waals surface area contributed by atoms with Crippen molar-refractivity contribution in [3.05, 3.63) is 47.0 Å². The first-order chi connectivity index (χ1) is 10.6. The van der Waals surface area contributed by atoms with E-state index in [1.54, 1.807) is 0 Å². The minimum atomic E-state index is -0.137. The topological polar surface area (TPSA) is 56.1 Å². The maximum Gasteiger partial charge on any atom is 0.234 e. The summed E-state index contributed by atoms with van der Waals surface area (Å²) >= 11 is 0. The van der Waals surface area contributed by atoms with Crippen LogP contribution in [-0.2, 0) is 6.42 Å². The van der Waals surface area contributed by atoms with E-state index >= 15 is 0 Å². The normalized spacial score (nSPS) is 23.1. The van der Waals surface area contributed by atoms with Gasteiger partial charge < -0.3 is 15.1 Å². The largest absolute Gasteiger partial charge is 0.502 e. The zero-order valence-corrected chi connectivity index (χ0v) is 13.1. The molecule has 118 valence electrons. The zero-order chi connectivity index (χ0) is 15.5. The first kappa shape index (κ1) is 14.9. The summed E-state index contributed by atoms with van der Waals surface area (Å²) in [6.07, 6.45) is 7.70. The predicted octanol–water partition coefficient (Wildman–Crippen LogP) is 3.87. The maximum atomic E-state index is 10.3. The van der Waals surface area contributed by atoms with Gasteiger partial charge in [-0.25, -0.2) is 0 Å². The second kappa shape index (κ2) is 6.42. The van der Waals surface area contributed by atoms with Crippen molar-refractivity contribution in [3.63, 3.8) is 0 Å². The van der Waals surface area contributed by atoms with Crippen molar-refractivity contribution in [2.45, 2.75) is 57.7 Å². The number of benzene rings is 1. The number of allylic oxidation sites excluding steroid dienone is 1. The molecule has 0 bridgehead atoms. The lowest BCUT2D eigenvalue weighted by Crippen LogP contribution is -2.46. The average Bonchev–Trinajstić information content (AvgIpc) is 2.54. The Hall–Kier alpha value is -1.97. The van der Waals surface area contributed by atoms with Gasteiger partial charge in [0.2, 0.25) is 5.88 Å². The van der Waals surface area contributed by atoms with Gasteiger partial charge >= 0.3 is 0 Å². The Bertz CT molecular complexity index is 571. The Balaban J connectivity index is 1.81. The Kier molecular flexibility index (Phi) is 4.36. The number of hydrogen-bond donors (Lipinski definition) is 2. The Morgan fingerprint density at radius 1 is 1.09 bits per heavy atom. The summed E-state index contributed by atoms with van der Waals surface area (Å²) in [5.74, 6) is -0.134. The molecule has 1 aromatic carbocycles. The Labute approximate surface area is 131 Å². The van der Waals surface area contributed by atoms with Gasteiger partial charge in [0.05, 0.1) is 6.21 Å². The number of hydrogen-bond acceptors (Lipinski definition) is 4. The lowest BCUT2D eigenvalue weighted by Gasteiger charge is -2.40. The second-order valence-electron chi connectivity index (χ2n) is 6.36. The highest BCUT2D eigenvalue weighted by Gasteiger charge is 2.32. The number of aliphatic hydroxyl groups is 2. The van der Waals surface area contributed by atoms with Crippen LogP contribution in [0.15, 0.2) is 40.9 Å². The number of rotatable bonds is 3. The third-order valence-corrected chi connectivity index (χ3v) is 4.67. The molecule has 0 aromatic heterocycles. The molecule has 0 spiro atoms. The van der Waals surface area contributed by atoms with Crippen LogP contribution >= 0.6 is 0 Å². The number of aryl methyl sites for hydroxylation is 1. The third kappa shape index (κ3) is 3.11. The van der Waals surface area contributed by atoms with Gasteiger partial charge in [0, 0.05) is 12.5 Å². The molecule has 1 aromatic rings. The molecule has 1 fully saturated rings. The van der Waals surface area contributed by atoms with Gasteiger partial charge in [-0.3, -0.25) is 4.99 Å². The summed E-state index contributed by atoms with van der Waals surface area (Å²) in [6, 6.07) is 8.68. The highest BCUT2D eigenvalue weighted by molar-refractivity contribution is 5.76. The van der Waals surface area contributed by atoms with Crippen molar-refractivity contribution in [2.24, 2.45) is 4.99 Å². The lowest BCUT2D eigenvalue weighted by molar-refractivity contribution is 0.0703. The van der Waals surface area contributed by atoms with E-state index in [1.807, 2.05) is 4.90 Å². The average molecular weight is 300 g/mol. The first-order valence-corrected chi connectivity index (χ1v) is 8.14. The van der Waals surface area contributed by atoms with E-state index in [0.717, 1.165) is 19.3 Å². The van der Waals surface area contributed by atoms with Crippen LogP contribution in [0.4, 0.5) is 0 Å². The number of nitrogens with zero attached hydrogens (tertiary/aromatic N) is 2. The van der Waals surface area contributed by atoms with Gasteiger partial charge in [-0.2, -0.15) is 0 Å². The molecule has 2 N–H and O–H groups in total. The first-order valence-electron chi connectivity index (χ1n) is 8.14. The minimum Gasteiger partial charge on any atom is -0.502 e. The Morgan fingerprint density at radius 3 is 2.45 bits per heavy atom. The molecular weight excluding hydrogens is 276 g/mol. The monoisotopic (exact) mass is 300 g/mol. The fraction of sp³-hybridized carbons (Fsp3) is 0.500. The quantitative estimate of drug-likeness (QED) is 0.891. The molecule has 3 rings (SSSR count). The lowest BCUT2D eigenvalue weighted by atomic mass is 9.93. The SMILES string of the molecule is Cc1ccc(CC2N=CC(O)=C(O)N2C2CCCCC2)cc1. The molecule has 0 amide bonds. The summed E-state index contributed by atoms with van der Waals surface area (Å²) in [4.78, 5) is 6.39. The van der Waals surface area contributed by atoms with Crippen molar-refractivity contribution in [1.29, 1.82) is 0 Å². The van der Waals surface area contributed by atoms with E-state index < -0.39 is 0 Å². The van der Waals surface area contributed by atoms with Gasteiger partial charge in [-0.05, 0) is 25.3 Å². The molecule has 4 nitrogen and oxygen atoms in total. The molecule has 2 aliphatic rings. The standard InChI is InChI=1S/C18H24N2O2/c1-13-7-9-14(10-8-13)11-17-19-12-16(21)18(22)20(17)15-5-3-2-4-6-15/h7-10,12,15,17,21-22H,2-6,11H2,1H3. The van der Waals surface area contributed by atoms with Crippen LogP contribution in [0.1, 0.15) is 43.2 Å². The minimum absolute atomic E-state index is 0.0148. The van der Waals surface area contributed by atoms with E-state index in [4.69, 9.17) is 0 Å². The van der Waals surface area contributed by atoms with E-state index in [2.05, 4.69) is 36.2 Å². The van der Waals surface area contributed by atoms with Crippen molar-refractivity contribution in [3.8, 4) is 0 Å². The number of aliphatic hydroxyl groups excluding tert-OH is 2. The van der Waals surface area contributed by atoms with E-state index in [-0.39, 0.29) is 23.8 Å². The van der Waals surface area contributed by atoms with E-state index in [9.17, 15) is 10.2 Å². The molecule has 0 saturated heterocycles. The second-order valence-corrected chi connectivity index (χ2v) is 6.36. The molecule has 0 radical (unpaired) electrons. The number of aliphatic imine (C=N–C) groups is 1. The van der Waals surface area contributed by atoms with Gasteiger partial charge in [0.1, 0.15) is 6.17 Å². The fourth-order valence-electron chi connectivity index (χ4n) is 3.42. The molecule has 1 saturated carbocycles. The van der Waals surface area contributed by atoms with Crippen LogP contribution in [0.2, 0.25) is 0 Å². The predicted molar refractivity (Wildman–Crippen MR) is 88.2 cm³/mol. The molecule has 4 heteroatoms. The summed E-state index contributed by atoms with van der Waals surface area (Å²) in [5.41, 5.74) is 2.43. The zero-order valence-electron chi connectivity index (χ0n) is 13.1. The van der Waals surface area contributed by atoms with Crippen LogP contribution in [-0.4, -0.2) is 33.5 Å². The van der Waals surface area contributed by atoms with Gasteiger partial charge in [0.15, 0.2) is 5.76 Å². The van der Waals surface area contributed by atoms with Crippen LogP contribution in [0.25, 0.3) is 0 Å². The van der Waals surface area contributed by atoms with Gasteiger partial charge in [-0.15, -0.1) is 0 Å². The maximum absolute atomic E-state index is 10.3. The third-order valence-electron chi connectivity index (χ3n) is 4.67. The highest BCUT2D eigenvalue weighted by atomic mass is 16.3. The van der Waals surface area contributed by atoms with Gasteiger partial charge in [0.25, 0.3) is 0 Å². The van der Waals surface area contributed by atoms with Crippen LogP contribution < -0.4 is 0 Å². The van der Waals surface area contributed by atoms with Crippen molar-refractivity contribution < 1.29 is 10.2 Å². The molecular formula is C18H24N2O2. The summed E-state index contributed by atoms with van der Waals surface area (Å²) < 4.78 is 0. The van der Waals surface area contributed by atoms with Crippen molar-refractivity contribution in [2.75, 3.05) is 0 Å². The summed E-state index contributed by atoms with van der Waals surface area (Å²) in [6.45, 7) is 2.07. The fourth-order valence-corrected chi connectivity index (χ4v) is 3.42. The molecule has 1 aliphatic heterocycles. The molecule has 1 aliphatic carbocycles. The molecule has 1 atom stereocenters. The highest BCUT2D eigenvalue weighted by Crippen LogP contribution is 2.30. The van der Waals surface area contributed by atoms with Crippen LogP contribution in [0.3, 0.4) is 0 Å². The van der Waals surface area contributed by atoms with E-state index in [1.165, 1.54) is 36.6 Å². The smallest absolute Gasteiger partial charge is 0.234 e. The molecule has 1 heterocycles. The van der Waals surface area contributed by atoms with Crippen LogP contribution in [0.5, 0.6) is 0 Å². The van der Waals surface area contributed by atoms with Crippen molar-refractivity contribution >= 4 is 6.21 Å².